The largest absolute Gasteiger partial charge is 0.317 e. The van der Waals surface area contributed by atoms with Crippen LogP contribution in [0.15, 0.2) is 30.6 Å². The van der Waals surface area contributed by atoms with Crippen LogP contribution in [-0.4, -0.2) is 28.4 Å². The summed E-state index contributed by atoms with van der Waals surface area (Å²) in [4.78, 5) is 0. The number of benzene rings is 1. The molecule has 2 unspecified atom stereocenters. The molecule has 1 fully saturated rings. The molecular formula is C14H17FN4O2S. The first-order valence-electron chi connectivity index (χ1n) is 7.12. The van der Waals surface area contributed by atoms with E-state index in [1.165, 1.54) is 12.1 Å². The van der Waals surface area contributed by atoms with Crippen LogP contribution in [0.2, 0.25) is 0 Å². The summed E-state index contributed by atoms with van der Waals surface area (Å²) in [6, 6.07) is 6.11. The average molecular weight is 324 g/mol. The molecule has 0 radical (unpaired) electrons. The van der Waals surface area contributed by atoms with Crippen molar-refractivity contribution in [2.24, 2.45) is 0 Å². The molecule has 1 heterocycles. The van der Waals surface area contributed by atoms with Crippen LogP contribution in [0.4, 0.5) is 4.39 Å². The Morgan fingerprint density at radius 1 is 1.45 bits per heavy atom. The second kappa shape index (κ2) is 5.77. The number of sulfonamides is 1. The molecule has 0 saturated heterocycles. The van der Waals surface area contributed by atoms with Crippen LogP contribution in [-0.2, 0) is 23.1 Å². The summed E-state index contributed by atoms with van der Waals surface area (Å²) in [7, 11) is -3.45. The summed E-state index contributed by atoms with van der Waals surface area (Å²) in [5.74, 6) is 0.0934. The molecule has 0 amide bonds. The molecule has 1 aliphatic rings. The lowest BCUT2D eigenvalue weighted by Gasteiger charge is -2.07. The molecule has 8 heteroatoms. The maximum absolute atomic E-state index is 13.2. The lowest BCUT2D eigenvalue weighted by Crippen LogP contribution is -2.28. The molecule has 0 aliphatic heterocycles. The van der Waals surface area contributed by atoms with Gasteiger partial charge in [0.15, 0.2) is 0 Å². The molecule has 1 aliphatic carbocycles. The Balaban J connectivity index is 1.65. The lowest BCUT2D eigenvalue weighted by atomic mass is 10.1. The maximum atomic E-state index is 13.2. The van der Waals surface area contributed by atoms with Gasteiger partial charge in [0, 0.05) is 12.5 Å². The predicted octanol–water partition coefficient (Wildman–Crippen LogP) is 1.41. The highest BCUT2D eigenvalue weighted by molar-refractivity contribution is 7.90. The van der Waals surface area contributed by atoms with Gasteiger partial charge in [0.2, 0.25) is 10.0 Å². The van der Waals surface area contributed by atoms with Crippen LogP contribution in [0.3, 0.4) is 0 Å². The number of nitrogens with zero attached hydrogens (tertiary/aromatic N) is 3. The van der Waals surface area contributed by atoms with Gasteiger partial charge in [-0.1, -0.05) is 12.1 Å². The summed E-state index contributed by atoms with van der Waals surface area (Å²) >= 11 is 0. The number of hydrogen-bond acceptors (Lipinski definition) is 4. The first-order chi connectivity index (χ1) is 10.5. The third kappa shape index (κ3) is 3.02. The number of aromatic nitrogens is 3. The van der Waals surface area contributed by atoms with Gasteiger partial charge >= 0.3 is 0 Å². The molecule has 2 aromatic rings. The molecular weight excluding hydrogens is 307 g/mol. The quantitative estimate of drug-likeness (QED) is 0.871. The van der Waals surface area contributed by atoms with Crippen LogP contribution in [0, 0.1) is 5.82 Å². The number of hydrogen-bond donors (Lipinski definition) is 1. The Morgan fingerprint density at radius 3 is 3.00 bits per heavy atom. The van der Waals surface area contributed by atoms with Crippen molar-refractivity contribution in [3.8, 4) is 0 Å². The highest BCUT2D eigenvalue weighted by atomic mass is 32.2. The third-order valence-corrected chi connectivity index (χ3v) is 5.74. The summed E-state index contributed by atoms with van der Waals surface area (Å²) < 4.78 is 42.1. The summed E-state index contributed by atoms with van der Waals surface area (Å²) in [6.07, 6.45) is 2.08. The van der Waals surface area contributed by atoms with Crippen molar-refractivity contribution in [3.63, 3.8) is 0 Å². The van der Waals surface area contributed by atoms with Gasteiger partial charge in [-0.2, -0.15) is 0 Å². The SMILES string of the molecule is CCn1cnnc1CNS(=O)(=O)C1CC1c1cccc(F)c1. The van der Waals surface area contributed by atoms with Crippen LogP contribution >= 0.6 is 0 Å². The highest BCUT2D eigenvalue weighted by Crippen LogP contribution is 2.45. The van der Waals surface area contributed by atoms with E-state index in [0.29, 0.717) is 18.8 Å². The Hall–Kier alpha value is -1.80. The number of nitrogens with one attached hydrogen (secondary N) is 1. The van der Waals surface area contributed by atoms with E-state index in [-0.39, 0.29) is 18.3 Å². The van der Waals surface area contributed by atoms with E-state index < -0.39 is 15.3 Å². The Kier molecular flexibility index (Phi) is 3.96. The standard InChI is InChI=1S/C14H17FN4O2S/c1-2-19-9-16-18-14(19)8-17-22(20,21)13-7-12(13)10-4-3-5-11(15)6-10/h3-6,9,12-13,17H,2,7-8H2,1H3. The first kappa shape index (κ1) is 15.1. The summed E-state index contributed by atoms with van der Waals surface area (Å²) in [5, 5.41) is 7.15. The van der Waals surface area contributed by atoms with E-state index in [2.05, 4.69) is 14.9 Å². The van der Waals surface area contributed by atoms with E-state index in [0.717, 1.165) is 5.56 Å². The molecule has 1 aromatic carbocycles. The molecule has 2 atom stereocenters. The molecule has 1 saturated carbocycles. The minimum Gasteiger partial charge on any atom is -0.317 e. The fourth-order valence-corrected chi connectivity index (χ4v) is 4.15. The van der Waals surface area contributed by atoms with Gasteiger partial charge in [-0.3, -0.25) is 0 Å². The van der Waals surface area contributed by atoms with Crippen molar-refractivity contribution in [1.82, 2.24) is 19.5 Å². The fraction of sp³-hybridized carbons (Fsp3) is 0.429. The van der Waals surface area contributed by atoms with E-state index in [1.54, 1.807) is 23.0 Å². The average Bonchev–Trinajstić information content (AvgIpc) is 3.18. The van der Waals surface area contributed by atoms with Crippen molar-refractivity contribution in [1.29, 1.82) is 0 Å². The summed E-state index contributed by atoms with van der Waals surface area (Å²) in [5.41, 5.74) is 0.729. The van der Waals surface area contributed by atoms with Crippen molar-refractivity contribution < 1.29 is 12.8 Å². The molecule has 0 bridgehead atoms. The number of rotatable bonds is 6. The summed E-state index contributed by atoms with van der Waals surface area (Å²) in [6.45, 7) is 2.73. The minimum atomic E-state index is -3.45. The molecule has 3 rings (SSSR count). The zero-order chi connectivity index (χ0) is 15.7. The van der Waals surface area contributed by atoms with Gasteiger partial charge in [0.1, 0.15) is 18.0 Å². The van der Waals surface area contributed by atoms with Crippen LogP contribution in [0.5, 0.6) is 0 Å². The van der Waals surface area contributed by atoms with Crippen molar-refractivity contribution >= 4 is 10.0 Å². The Bertz CT molecular complexity index is 775. The van der Waals surface area contributed by atoms with Gasteiger partial charge in [-0.05, 0) is 31.0 Å². The Labute approximate surface area is 128 Å². The van der Waals surface area contributed by atoms with Gasteiger partial charge in [-0.25, -0.2) is 17.5 Å². The van der Waals surface area contributed by atoms with Crippen LogP contribution in [0.25, 0.3) is 0 Å². The lowest BCUT2D eigenvalue weighted by molar-refractivity contribution is 0.573. The van der Waals surface area contributed by atoms with Crippen LogP contribution < -0.4 is 4.72 Å². The third-order valence-electron chi connectivity index (χ3n) is 3.88. The fourth-order valence-electron chi connectivity index (χ4n) is 2.55. The monoisotopic (exact) mass is 324 g/mol. The first-order valence-corrected chi connectivity index (χ1v) is 8.66. The van der Waals surface area contributed by atoms with E-state index in [4.69, 9.17) is 0 Å². The van der Waals surface area contributed by atoms with E-state index >= 15 is 0 Å². The van der Waals surface area contributed by atoms with Crippen molar-refractivity contribution in [2.45, 2.75) is 37.6 Å². The van der Waals surface area contributed by atoms with Gasteiger partial charge in [0.25, 0.3) is 0 Å². The Morgan fingerprint density at radius 2 is 2.27 bits per heavy atom. The van der Waals surface area contributed by atoms with Crippen molar-refractivity contribution in [2.75, 3.05) is 0 Å². The molecule has 0 spiro atoms. The van der Waals surface area contributed by atoms with Crippen molar-refractivity contribution in [3.05, 3.63) is 47.8 Å². The predicted molar refractivity (Wildman–Crippen MR) is 79.0 cm³/mol. The maximum Gasteiger partial charge on any atom is 0.215 e. The van der Waals surface area contributed by atoms with Gasteiger partial charge in [0.05, 0.1) is 11.8 Å². The molecule has 6 nitrogen and oxygen atoms in total. The van der Waals surface area contributed by atoms with Gasteiger partial charge < -0.3 is 4.57 Å². The van der Waals surface area contributed by atoms with E-state index in [9.17, 15) is 12.8 Å². The number of aryl methyl sites for hydroxylation is 1. The van der Waals surface area contributed by atoms with E-state index in [1.807, 2.05) is 6.92 Å². The highest BCUT2D eigenvalue weighted by Gasteiger charge is 2.48. The normalized spacial score (nSPS) is 21.0. The molecule has 22 heavy (non-hydrogen) atoms. The minimum absolute atomic E-state index is 0.114. The molecule has 1 aromatic heterocycles. The zero-order valence-electron chi connectivity index (χ0n) is 12.1. The van der Waals surface area contributed by atoms with Gasteiger partial charge in [-0.15, -0.1) is 10.2 Å². The molecule has 118 valence electrons. The zero-order valence-corrected chi connectivity index (χ0v) is 12.9. The second-order valence-corrected chi connectivity index (χ2v) is 7.32. The second-order valence-electron chi connectivity index (χ2n) is 5.33. The number of halogens is 1. The molecule has 1 N–H and O–H groups in total. The van der Waals surface area contributed by atoms with Crippen LogP contribution in [0.1, 0.15) is 30.7 Å². The topological polar surface area (TPSA) is 76.9 Å². The smallest absolute Gasteiger partial charge is 0.215 e.